The Morgan fingerprint density at radius 3 is 2.60 bits per heavy atom. The molecule has 0 radical (unpaired) electrons. The highest BCUT2D eigenvalue weighted by molar-refractivity contribution is 6.35. The number of hydrogen-bond donors (Lipinski definition) is 0. The van der Waals surface area contributed by atoms with Gasteiger partial charge in [-0.25, -0.2) is 4.98 Å². The molecule has 0 fully saturated rings. The zero-order chi connectivity index (χ0) is 17.6. The summed E-state index contributed by atoms with van der Waals surface area (Å²) in [6.07, 6.45) is 10.6. The molecule has 5 heteroatoms. The highest BCUT2D eigenvalue weighted by atomic mass is 35.5. The van der Waals surface area contributed by atoms with Crippen LogP contribution in [0.4, 0.5) is 0 Å². The van der Waals surface area contributed by atoms with Gasteiger partial charge in [0, 0.05) is 39.9 Å². The third kappa shape index (κ3) is 4.88. The number of rotatable bonds is 6. The summed E-state index contributed by atoms with van der Waals surface area (Å²) in [5.41, 5.74) is 2.08. The second-order valence-electron chi connectivity index (χ2n) is 5.78. The first-order valence-corrected chi connectivity index (χ1v) is 9.08. The molecule has 0 aliphatic carbocycles. The maximum Gasteiger partial charge on any atom is 0.0946 e. The van der Waals surface area contributed by atoms with E-state index in [2.05, 4.69) is 15.6 Å². The van der Waals surface area contributed by atoms with Crippen molar-refractivity contribution >= 4 is 40.9 Å². The number of aromatic nitrogens is 2. The summed E-state index contributed by atoms with van der Waals surface area (Å²) in [4.78, 5) is 4.12. The standard InChI is InChI=1S/C20H17Cl3N2/c21-17-8-9-18(20(23)12-17)16(13-25-11-10-24-14-25)6-3-5-15-4-1-2-7-19(15)22/h1-5,7-12,14,16H,6,13H2. The smallest absolute Gasteiger partial charge is 0.0946 e. The van der Waals surface area contributed by atoms with E-state index in [1.807, 2.05) is 55.0 Å². The average molecular weight is 392 g/mol. The summed E-state index contributed by atoms with van der Waals surface area (Å²) in [5, 5.41) is 2.07. The van der Waals surface area contributed by atoms with Crippen LogP contribution in [-0.2, 0) is 6.54 Å². The number of nitrogens with zero attached hydrogens (tertiary/aromatic N) is 2. The fourth-order valence-corrected chi connectivity index (χ4v) is 3.51. The van der Waals surface area contributed by atoms with Crippen molar-refractivity contribution < 1.29 is 0 Å². The van der Waals surface area contributed by atoms with E-state index >= 15 is 0 Å². The second kappa shape index (κ2) is 8.57. The van der Waals surface area contributed by atoms with Crippen molar-refractivity contribution in [2.24, 2.45) is 0 Å². The number of halogens is 3. The van der Waals surface area contributed by atoms with Crippen LogP contribution in [0.2, 0.25) is 15.1 Å². The quantitative estimate of drug-likeness (QED) is 0.455. The summed E-state index contributed by atoms with van der Waals surface area (Å²) in [5.74, 6) is 0.206. The molecule has 1 atom stereocenters. The van der Waals surface area contributed by atoms with Crippen molar-refractivity contribution in [1.82, 2.24) is 9.55 Å². The normalized spacial score (nSPS) is 12.6. The van der Waals surface area contributed by atoms with Gasteiger partial charge in [-0.3, -0.25) is 0 Å². The molecule has 1 heterocycles. The van der Waals surface area contributed by atoms with E-state index in [0.29, 0.717) is 10.0 Å². The van der Waals surface area contributed by atoms with Gasteiger partial charge in [0.25, 0.3) is 0 Å². The Labute approximate surface area is 162 Å². The van der Waals surface area contributed by atoms with Crippen LogP contribution < -0.4 is 0 Å². The Bertz CT molecular complexity index is 857. The Morgan fingerprint density at radius 1 is 1.04 bits per heavy atom. The van der Waals surface area contributed by atoms with Gasteiger partial charge in [0.15, 0.2) is 0 Å². The van der Waals surface area contributed by atoms with Crippen LogP contribution in [0, 0.1) is 0 Å². The first-order chi connectivity index (χ1) is 12.1. The zero-order valence-electron chi connectivity index (χ0n) is 13.4. The molecule has 3 aromatic rings. The largest absolute Gasteiger partial charge is 0.337 e. The lowest BCUT2D eigenvalue weighted by Crippen LogP contribution is -2.08. The van der Waals surface area contributed by atoms with Crippen LogP contribution in [0.25, 0.3) is 6.08 Å². The molecule has 0 amide bonds. The highest BCUT2D eigenvalue weighted by Gasteiger charge is 2.15. The predicted octanol–water partition coefficient (Wildman–Crippen LogP) is 6.73. The SMILES string of the molecule is Clc1ccc(C(CC=Cc2ccccc2Cl)Cn2ccnc2)c(Cl)c1. The molecular formula is C20H17Cl3N2. The monoisotopic (exact) mass is 390 g/mol. The minimum Gasteiger partial charge on any atom is -0.337 e. The summed E-state index contributed by atoms with van der Waals surface area (Å²) in [6, 6.07) is 13.5. The van der Waals surface area contributed by atoms with Crippen molar-refractivity contribution in [2.75, 3.05) is 0 Å². The number of hydrogen-bond acceptors (Lipinski definition) is 1. The Kier molecular flexibility index (Phi) is 6.19. The lowest BCUT2D eigenvalue weighted by molar-refractivity contribution is 0.564. The molecule has 1 aromatic heterocycles. The van der Waals surface area contributed by atoms with Crippen LogP contribution >= 0.6 is 34.8 Å². The molecular weight excluding hydrogens is 375 g/mol. The Morgan fingerprint density at radius 2 is 1.88 bits per heavy atom. The van der Waals surface area contributed by atoms with Crippen LogP contribution in [0.15, 0.2) is 67.3 Å². The van der Waals surface area contributed by atoms with E-state index in [1.54, 1.807) is 12.3 Å². The van der Waals surface area contributed by atoms with E-state index in [0.717, 1.165) is 29.1 Å². The first kappa shape index (κ1) is 18.1. The van der Waals surface area contributed by atoms with Crippen LogP contribution in [0.3, 0.4) is 0 Å². The Balaban J connectivity index is 1.82. The van der Waals surface area contributed by atoms with Gasteiger partial charge >= 0.3 is 0 Å². The summed E-state index contributed by atoms with van der Waals surface area (Å²) >= 11 is 18.7. The molecule has 0 bridgehead atoms. The van der Waals surface area contributed by atoms with Crippen molar-refractivity contribution in [3.05, 3.63) is 93.5 Å². The van der Waals surface area contributed by atoms with Gasteiger partial charge in [-0.2, -0.15) is 0 Å². The number of allylic oxidation sites excluding steroid dienone is 1. The van der Waals surface area contributed by atoms with Gasteiger partial charge in [-0.1, -0.05) is 71.2 Å². The van der Waals surface area contributed by atoms with Crippen molar-refractivity contribution in [2.45, 2.75) is 18.9 Å². The lowest BCUT2D eigenvalue weighted by atomic mass is 9.95. The minimum absolute atomic E-state index is 0.206. The van der Waals surface area contributed by atoms with E-state index in [4.69, 9.17) is 34.8 Å². The molecule has 0 aliphatic rings. The molecule has 25 heavy (non-hydrogen) atoms. The van der Waals surface area contributed by atoms with Crippen LogP contribution in [0.1, 0.15) is 23.5 Å². The van der Waals surface area contributed by atoms with Crippen molar-refractivity contribution in [3.8, 4) is 0 Å². The fraction of sp³-hybridized carbons (Fsp3) is 0.150. The Hall–Kier alpha value is -1.74. The topological polar surface area (TPSA) is 17.8 Å². The molecule has 0 spiro atoms. The molecule has 128 valence electrons. The molecule has 0 aliphatic heterocycles. The maximum absolute atomic E-state index is 6.43. The van der Waals surface area contributed by atoms with Crippen molar-refractivity contribution in [1.29, 1.82) is 0 Å². The predicted molar refractivity (Wildman–Crippen MR) is 107 cm³/mol. The average Bonchev–Trinajstić information content (AvgIpc) is 3.09. The third-order valence-corrected chi connectivity index (χ3v) is 4.92. The lowest BCUT2D eigenvalue weighted by Gasteiger charge is -2.18. The first-order valence-electron chi connectivity index (χ1n) is 7.95. The van der Waals surface area contributed by atoms with Gasteiger partial charge in [-0.05, 0) is 35.7 Å². The van der Waals surface area contributed by atoms with Crippen molar-refractivity contribution in [3.63, 3.8) is 0 Å². The molecule has 0 saturated carbocycles. The van der Waals surface area contributed by atoms with Gasteiger partial charge in [0.2, 0.25) is 0 Å². The summed E-state index contributed by atoms with van der Waals surface area (Å²) in [7, 11) is 0. The zero-order valence-corrected chi connectivity index (χ0v) is 15.7. The van der Waals surface area contributed by atoms with Gasteiger partial charge in [-0.15, -0.1) is 0 Å². The maximum atomic E-state index is 6.43. The van der Waals surface area contributed by atoms with Gasteiger partial charge in [0.1, 0.15) is 0 Å². The fourth-order valence-electron chi connectivity index (χ4n) is 2.75. The minimum atomic E-state index is 0.206. The van der Waals surface area contributed by atoms with Crippen LogP contribution in [-0.4, -0.2) is 9.55 Å². The third-order valence-electron chi connectivity index (χ3n) is 4.02. The molecule has 2 nitrogen and oxygen atoms in total. The molecule has 3 rings (SSSR count). The molecule has 0 N–H and O–H groups in total. The summed E-state index contributed by atoms with van der Waals surface area (Å²) in [6.45, 7) is 0.786. The number of imidazole rings is 1. The van der Waals surface area contributed by atoms with E-state index < -0.39 is 0 Å². The summed E-state index contributed by atoms with van der Waals surface area (Å²) < 4.78 is 2.05. The van der Waals surface area contributed by atoms with E-state index in [1.165, 1.54) is 0 Å². The van der Waals surface area contributed by atoms with Gasteiger partial charge < -0.3 is 4.57 Å². The second-order valence-corrected chi connectivity index (χ2v) is 7.03. The number of benzene rings is 2. The molecule has 0 saturated heterocycles. The molecule has 1 unspecified atom stereocenters. The van der Waals surface area contributed by atoms with E-state index in [9.17, 15) is 0 Å². The highest BCUT2D eigenvalue weighted by Crippen LogP contribution is 2.31. The van der Waals surface area contributed by atoms with Gasteiger partial charge in [0.05, 0.1) is 6.33 Å². The molecule has 2 aromatic carbocycles. The van der Waals surface area contributed by atoms with Crippen LogP contribution in [0.5, 0.6) is 0 Å². The van der Waals surface area contributed by atoms with E-state index in [-0.39, 0.29) is 5.92 Å².